The Morgan fingerprint density at radius 1 is 0.833 bits per heavy atom. The van der Waals surface area contributed by atoms with E-state index in [1.807, 2.05) is 49.4 Å². The Labute approximate surface area is 141 Å². The van der Waals surface area contributed by atoms with Crippen molar-refractivity contribution in [2.24, 2.45) is 0 Å². The Bertz CT molecular complexity index is 931. The van der Waals surface area contributed by atoms with Gasteiger partial charge in [0.2, 0.25) is 0 Å². The van der Waals surface area contributed by atoms with Gasteiger partial charge in [0.1, 0.15) is 19.0 Å². The second kappa shape index (κ2) is 7.03. The van der Waals surface area contributed by atoms with Gasteiger partial charge in [-0.05, 0) is 42.0 Å². The number of aryl methyl sites for hydroxylation is 1. The van der Waals surface area contributed by atoms with Crippen molar-refractivity contribution in [1.82, 2.24) is 0 Å². The molecule has 0 saturated heterocycles. The SMILES string of the molecule is Cc1ccc(S(=O)(=O)OCCOc2ccc3ccccc3c2)cc1. The van der Waals surface area contributed by atoms with E-state index in [1.54, 1.807) is 12.1 Å². The van der Waals surface area contributed by atoms with E-state index in [2.05, 4.69) is 0 Å². The van der Waals surface area contributed by atoms with Crippen LogP contribution < -0.4 is 4.74 Å². The van der Waals surface area contributed by atoms with Crippen LogP contribution in [0.15, 0.2) is 71.6 Å². The molecule has 4 nitrogen and oxygen atoms in total. The second-order valence-corrected chi connectivity index (χ2v) is 7.06. The molecule has 0 radical (unpaired) electrons. The highest BCUT2D eigenvalue weighted by Gasteiger charge is 2.14. The molecule has 3 rings (SSSR count). The summed E-state index contributed by atoms with van der Waals surface area (Å²) in [5.74, 6) is 0.685. The predicted octanol–water partition coefficient (Wildman–Crippen LogP) is 3.93. The fraction of sp³-hybridized carbons (Fsp3) is 0.158. The third-order valence-corrected chi connectivity index (χ3v) is 4.95. The first-order chi connectivity index (χ1) is 11.5. The molecule has 0 saturated carbocycles. The van der Waals surface area contributed by atoms with Crippen LogP contribution in [0.3, 0.4) is 0 Å². The molecule has 3 aromatic carbocycles. The Hall–Kier alpha value is -2.37. The highest BCUT2D eigenvalue weighted by molar-refractivity contribution is 7.86. The standard InChI is InChI=1S/C19H18O4S/c1-15-6-10-19(11-7-15)24(20,21)23-13-12-22-18-9-8-16-4-2-3-5-17(16)14-18/h2-11,14H,12-13H2,1H3. The van der Waals surface area contributed by atoms with E-state index in [1.165, 1.54) is 12.1 Å². The first-order valence-electron chi connectivity index (χ1n) is 7.62. The Kier molecular flexibility index (Phi) is 4.83. The van der Waals surface area contributed by atoms with E-state index >= 15 is 0 Å². The molecule has 0 aliphatic carbocycles. The van der Waals surface area contributed by atoms with Crippen molar-refractivity contribution in [2.45, 2.75) is 11.8 Å². The molecule has 0 aliphatic heterocycles. The van der Waals surface area contributed by atoms with Crippen LogP contribution in [-0.4, -0.2) is 21.6 Å². The van der Waals surface area contributed by atoms with Gasteiger partial charge in [0.05, 0.1) is 4.90 Å². The average Bonchev–Trinajstić information content (AvgIpc) is 2.59. The molecule has 0 atom stereocenters. The summed E-state index contributed by atoms with van der Waals surface area (Å²) < 4.78 is 34.7. The van der Waals surface area contributed by atoms with E-state index in [0.29, 0.717) is 5.75 Å². The van der Waals surface area contributed by atoms with Crippen LogP contribution in [0, 0.1) is 6.92 Å². The molecule has 0 aliphatic rings. The molecule has 24 heavy (non-hydrogen) atoms. The molecule has 5 heteroatoms. The number of hydrogen-bond donors (Lipinski definition) is 0. The largest absolute Gasteiger partial charge is 0.491 e. The minimum absolute atomic E-state index is 0.0387. The number of fused-ring (bicyclic) bond motifs is 1. The van der Waals surface area contributed by atoms with Crippen LogP contribution >= 0.6 is 0 Å². The van der Waals surface area contributed by atoms with Crippen molar-refractivity contribution < 1.29 is 17.3 Å². The quantitative estimate of drug-likeness (QED) is 0.503. The van der Waals surface area contributed by atoms with Crippen LogP contribution in [0.25, 0.3) is 10.8 Å². The molecule has 0 amide bonds. The molecule has 0 N–H and O–H groups in total. The first-order valence-corrected chi connectivity index (χ1v) is 9.03. The van der Waals surface area contributed by atoms with E-state index < -0.39 is 10.1 Å². The number of rotatable bonds is 6. The zero-order chi connectivity index (χ0) is 17.0. The fourth-order valence-electron chi connectivity index (χ4n) is 2.33. The maximum atomic E-state index is 12.1. The predicted molar refractivity (Wildman–Crippen MR) is 93.8 cm³/mol. The Morgan fingerprint density at radius 2 is 1.54 bits per heavy atom. The van der Waals surface area contributed by atoms with Gasteiger partial charge in [0.25, 0.3) is 10.1 Å². The topological polar surface area (TPSA) is 52.6 Å². The lowest BCUT2D eigenvalue weighted by Crippen LogP contribution is -2.13. The molecular weight excluding hydrogens is 324 g/mol. The summed E-state index contributed by atoms with van der Waals surface area (Å²) in [6.07, 6.45) is 0. The molecule has 124 valence electrons. The van der Waals surface area contributed by atoms with Crippen molar-refractivity contribution >= 4 is 20.9 Å². The molecular formula is C19H18O4S. The normalized spacial score (nSPS) is 11.5. The summed E-state index contributed by atoms with van der Waals surface area (Å²) in [6.45, 7) is 2.02. The lowest BCUT2D eigenvalue weighted by molar-refractivity contribution is 0.221. The maximum Gasteiger partial charge on any atom is 0.297 e. The van der Waals surface area contributed by atoms with E-state index in [0.717, 1.165) is 16.3 Å². The van der Waals surface area contributed by atoms with Crippen LogP contribution in [-0.2, 0) is 14.3 Å². The van der Waals surface area contributed by atoms with Gasteiger partial charge in [-0.25, -0.2) is 0 Å². The van der Waals surface area contributed by atoms with Crippen LogP contribution in [0.1, 0.15) is 5.56 Å². The monoisotopic (exact) mass is 342 g/mol. The highest BCUT2D eigenvalue weighted by Crippen LogP contribution is 2.20. The van der Waals surface area contributed by atoms with E-state index in [4.69, 9.17) is 8.92 Å². The van der Waals surface area contributed by atoms with Gasteiger partial charge in [0, 0.05) is 0 Å². The van der Waals surface area contributed by atoms with Gasteiger partial charge < -0.3 is 4.74 Å². The van der Waals surface area contributed by atoms with Crippen molar-refractivity contribution in [3.05, 3.63) is 72.3 Å². The van der Waals surface area contributed by atoms with Crippen LogP contribution in [0.5, 0.6) is 5.75 Å². The van der Waals surface area contributed by atoms with Crippen molar-refractivity contribution in [1.29, 1.82) is 0 Å². The van der Waals surface area contributed by atoms with Crippen molar-refractivity contribution in [3.63, 3.8) is 0 Å². The summed E-state index contributed by atoms with van der Waals surface area (Å²) in [7, 11) is -3.75. The Morgan fingerprint density at radius 3 is 2.29 bits per heavy atom. The number of ether oxygens (including phenoxy) is 1. The third-order valence-electron chi connectivity index (χ3n) is 3.62. The molecule has 0 aromatic heterocycles. The lowest BCUT2D eigenvalue weighted by atomic mass is 10.1. The minimum atomic E-state index is -3.75. The first kappa shape index (κ1) is 16.5. The molecule has 0 fully saturated rings. The summed E-state index contributed by atoms with van der Waals surface area (Å²) in [4.78, 5) is 0.152. The molecule has 0 bridgehead atoms. The van der Waals surface area contributed by atoms with Gasteiger partial charge in [-0.1, -0.05) is 48.0 Å². The van der Waals surface area contributed by atoms with E-state index in [-0.39, 0.29) is 18.1 Å². The van der Waals surface area contributed by atoms with Crippen LogP contribution in [0.4, 0.5) is 0 Å². The zero-order valence-corrected chi connectivity index (χ0v) is 14.1. The molecule has 0 unspecified atom stereocenters. The summed E-state index contributed by atoms with van der Waals surface area (Å²) in [5, 5.41) is 2.20. The number of hydrogen-bond acceptors (Lipinski definition) is 4. The van der Waals surface area contributed by atoms with Gasteiger partial charge >= 0.3 is 0 Å². The van der Waals surface area contributed by atoms with Gasteiger partial charge in [0.15, 0.2) is 0 Å². The summed E-state index contributed by atoms with van der Waals surface area (Å²) in [6, 6.07) is 20.3. The minimum Gasteiger partial charge on any atom is -0.491 e. The third kappa shape index (κ3) is 3.93. The van der Waals surface area contributed by atoms with Gasteiger partial charge in [-0.3, -0.25) is 4.18 Å². The van der Waals surface area contributed by atoms with E-state index in [9.17, 15) is 8.42 Å². The summed E-state index contributed by atoms with van der Waals surface area (Å²) >= 11 is 0. The zero-order valence-electron chi connectivity index (χ0n) is 13.3. The lowest BCUT2D eigenvalue weighted by Gasteiger charge is -2.09. The van der Waals surface area contributed by atoms with Crippen LogP contribution in [0.2, 0.25) is 0 Å². The fourth-order valence-corrected chi connectivity index (χ4v) is 3.23. The molecule has 3 aromatic rings. The maximum absolute atomic E-state index is 12.1. The van der Waals surface area contributed by atoms with Crippen molar-refractivity contribution in [3.8, 4) is 5.75 Å². The smallest absolute Gasteiger partial charge is 0.297 e. The molecule has 0 heterocycles. The highest BCUT2D eigenvalue weighted by atomic mass is 32.2. The average molecular weight is 342 g/mol. The summed E-state index contributed by atoms with van der Waals surface area (Å²) in [5.41, 5.74) is 0.994. The Balaban J connectivity index is 1.56. The van der Waals surface area contributed by atoms with Crippen molar-refractivity contribution in [2.75, 3.05) is 13.2 Å². The van der Waals surface area contributed by atoms with Gasteiger partial charge in [-0.15, -0.1) is 0 Å². The second-order valence-electron chi connectivity index (χ2n) is 5.45. The van der Waals surface area contributed by atoms with Gasteiger partial charge in [-0.2, -0.15) is 8.42 Å². The number of benzene rings is 3. The molecule has 0 spiro atoms.